The topological polar surface area (TPSA) is 11.4 Å². The van der Waals surface area contributed by atoms with E-state index in [1.54, 1.807) is 0 Å². The second-order valence-electron chi connectivity index (χ2n) is 20.6. The van der Waals surface area contributed by atoms with E-state index in [0.29, 0.717) is 5.92 Å². The van der Waals surface area contributed by atoms with Crippen molar-refractivity contribution in [3.8, 4) is 27.9 Å². The second-order valence-corrected chi connectivity index (χ2v) is 20.6. The summed E-state index contributed by atoms with van der Waals surface area (Å²) < 4.78 is 2.57. The van der Waals surface area contributed by atoms with E-state index in [2.05, 4.69) is 295 Å². The van der Waals surface area contributed by atoms with Gasteiger partial charge in [0, 0.05) is 44.3 Å². The van der Waals surface area contributed by atoms with E-state index < -0.39 is 5.41 Å². The molecule has 0 fully saturated rings. The summed E-state index contributed by atoms with van der Waals surface area (Å²) in [6.45, 7) is 4.59. The Balaban J connectivity index is 1.14. The van der Waals surface area contributed by atoms with Crippen molar-refractivity contribution >= 4 is 77.5 Å². The van der Waals surface area contributed by atoms with Crippen LogP contribution in [-0.4, -0.2) is 4.57 Å². The minimum Gasteiger partial charge on any atom is -0.310 e. The van der Waals surface area contributed by atoms with Gasteiger partial charge in [0.15, 0.2) is 0 Å². The number of anilines is 6. The highest BCUT2D eigenvalue weighted by atomic mass is 15.2. The third-order valence-electron chi connectivity index (χ3n) is 16.3. The largest absolute Gasteiger partial charge is 0.310 e. The minimum absolute atomic E-state index is 0.353. The molecule has 15 rings (SSSR count). The lowest BCUT2D eigenvalue weighted by Gasteiger charge is -2.34. The number of rotatable bonds is 8. The highest BCUT2D eigenvalue weighted by Gasteiger charge is 2.53. The molecule has 1 heterocycles. The number of hydrogen-bond acceptors (Lipinski definition) is 2. The lowest BCUT2D eigenvalue weighted by molar-refractivity contribution is 0.794. The van der Waals surface area contributed by atoms with Crippen molar-refractivity contribution in [1.82, 2.24) is 4.57 Å². The first-order chi connectivity index (χ1) is 37.1. The Morgan fingerprint density at radius 1 is 0.360 bits per heavy atom. The molecule has 0 amide bonds. The monoisotopic (exact) mass is 957 g/mol. The fraction of sp³-hybridized carbons (Fsp3) is 0.0556. The van der Waals surface area contributed by atoms with Crippen LogP contribution < -0.4 is 9.80 Å². The van der Waals surface area contributed by atoms with Gasteiger partial charge in [0.2, 0.25) is 0 Å². The van der Waals surface area contributed by atoms with Crippen LogP contribution in [0.15, 0.2) is 267 Å². The average molecular weight is 958 g/mol. The highest BCUT2D eigenvalue weighted by molar-refractivity contribution is 6.23. The van der Waals surface area contributed by atoms with Crippen molar-refractivity contribution in [2.75, 3.05) is 9.80 Å². The molecule has 2 aliphatic carbocycles. The summed E-state index contributed by atoms with van der Waals surface area (Å²) in [4.78, 5) is 5.03. The van der Waals surface area contributed by atoms with Crippen molar-refractivity contribution < 1.29 is 0 Å². The summed E-state index contributed by atoms with van der Waals surface area (Å²) in [6, 6.07) is 99.8. The number of benzene rings is 12. The van der Waals surface area contributed by atoms with Crippen LogP contribution in [0.1, 0.15) is 47.6 Å². The quantitative estimate of drug-likeness (QED) is 0.150. The maximum absolute atomic E-state index is 2.60. The molecule has 0 radical (unpaired) electrons. The molecule has 3 nitrogen and oxygen atoms in total. The Morgan fingerprint density at radius 2 is 0.893 bits per heavy atom. The zero-order valence-electron chi connectivity index (χ0n) is 41.8. The van der Waals surface area contributed by atoms with Crippen LogP contribution in [0.3, 0.4) is 0 Å². The van der Waals surface area contributed by atoms with Crippen LogP contribution in [-0.2, 0) is 5.41 Å². The molecule has 13 aromatic rings. The molecule has 1 spiro atoms. The van der Waals surface area contributed by atoms with E-state index >= 15 is 0 Å². The number of aromatic nitrogens is 1. The maximum Gasteiger partial charge on any atom is 0.0788 e. The van der Waals surface area contributed by atoms with E-state index in [0.717, 1.165) is 39.8 Å². The number of hydrogen-bond donors (Lipinski definition) is 0. The first-order valence-corrected chi connectivity index (χ1v) is 26.3. The van der Waals surface area contributed by atoms with Crippen LogP contribution in [0.4, 0.5) is 34.1 Å². The van der Waals surface area contributed by atoms with E-state index in [9.17, 15) is 0 Å². The number of para-hydroxylation sites is 3. The molecule has 75 heavy (non-hydrogen) atoms. The predicted molar refractivity (Wildman–Crippen MR) is 316 cm³/mol. The van der Waals surface area contributed by atoms with Gasteiger partial charge < -0.3 is 14.4 Å². The minimum atomic E-state index is -0.695. The molecule has 1 aromatic heterocycles. The summed E-state index contributed by atoms with van der Waals surface area (Å²) in [5.74, 6) is 0.353. The Bertz CT molecular complexity index is 4360. The fourth-order valence-electron chi connectivity index (χ4n) is 13.1. The van der Waals surface area contributed by atoms with Crippen molar-refractivity contribution in [3.05, 3.63) is 295 Å². The number of nitrogens with zero attached hydrogens (tertiary/aromatic N) is 3. The number of fused-ring (bicyclic) bond motifs is 16. The molecule has 12 aromatic carbocycles. The van der Waals surface area contributed by atoms with Gasteiger partial charge in [-0.3, -0.25) is 0 Å². The first kappa shape index (κ1) is 43.2. The van der Waals surface area contributed by atoms with Gasteiger partial charge in [-0.2, -0.15) is 0 Å². The molecule has 0 aliphatic heterocycles. The first-order valence-electron chi connectivity index (χ1n) is 26.3. The van der Waals surface area contributed by atoms with E-state index in [-0.39, 0.29) is 0 Å². The van der Waals surface area contributed by atoms with Gasteiger partial charge in [0.1, 0.15) is 0 Å². The lowest BCUT2D eigenvalue weighted by Crippen LogP contribution is -2.26. The van der Waals surface area contributed by atoms with Gasteiger partial charge >= 0.3 is 0 Å². The predicted octanol–water partition coefficient (Wildman–Crippen LogP) is 19.5. The summed E-state index contributed by atoms with van der Waals surface area (Å²) >= 11 is 0. The molecule has 0 bridgehead atoms. The standard InChI is InChI=1S/C72H51N3/c1-47(2)50-26-19-31-53(44-50)75-67-39-18-15-36-60(67)70-69-59-43-42-54(73(51-27-5-3-6-28-51)65-40-20-24-48-22-9-11-32-55(48)65)45-63(59)72(61-37-16-13-34-57(61)58-35-14-17-38-62(58)72)64(69)46-68(71(70)75)74(52-29-7-4-8-30-52)66-41-21-25-49-23-10-12-33-56(49)66/h3-47H,1-2H3. The Hall–Kier alpha value is -9.44. The average Bonchev–Trinajstić information content (AvgIpc) is 4.12. The molecule has 0 atom stereocenters. The van der Waals surface area contributed by atoms with E-state index in [4.69, 9.17) is 0 Å². The molecule has 0 saturated carbocycles. The van der Waals surface area contributed by atoms with Crippen molar-refractivity contribution in [2.45, 2.75) is 25.2 Å². The zero-order chi connectivity index (χ0) is 49.8. The summed E-state index contributed by atoms with van der Waals surface area (Å²) in [5, 5.41) is 7.27. The molecule has 3 heteroatoms. The molecule has 0 unspecified atom stereocenters. The molecular weight excluding hydrogens is 907 g/mol. The van der Waals surface area contributed by atoms with E-state index in [1.165, 1.54) is 93.4 Å². The smallest absolute Gasteiger partial charge is 0.0788 e. The molecule has 354 valence electrons. The Labute approximate surface area is 437 Å². The summed E-state index contributed by atoms with van der Waals surface area (Å²) in [5.41, 5.74) is 21.0. The van der Waals surface area contributed by atoms with Gasteiger partial charge in [-0.05, 0) is 140 Å². The van der Waals surface area contributed by atoms with Crippen LogP contribution in [0, 0.1) is 0 Å². The Morgan fingerprint density at radius 3 is 1.55 bits per heavy atom. The third kappa shape index (κ3) is 6.28. The summed E-state index contributed by atoms with van der Waals surface area (Å²) in [7, 11) is 0. The van der Waals surface area contributed by atoms with Crippen molar-refractivity contribution in [3.63, 3.8) is 0 Å². The van der Waals surface area contributed by atoms with Crippen molar-refractivity contribution in [1.29, 1.82) is 0 Å². The second kappa shape index (κ2) is 16.8. The Kier molecular flexibility index (Phi) is 9.68. The SMILES string of the molecule is CC(C)c1cccc(-n2c3ccccc3c3c4c(cc(N(c5ccccc5)c5cccc6ccccc56)c32)C2(c3ccccc3-c3ccccc32)c2cc(N(c3ccccc3)c3cccc5ccccc35)ccc2-4)c1. The van der Waals surface area contributed by atoms with E-state index in [1.807, 2.05) is 0 Å². The van der Waals surface area contributed by atoms with Gasteiger partial charge in [-0.25, -0.2) is 0 Å². The molecule has 0 saturated heterocycles. The van der Waals surface area contributed by atoms with Crippen LogP contribution >= 0.6 is 0 Å². The summed E-state index contributed by atoms with van der Waals surface area (Å²) in [6.07, 6.45) is 0. The zero-order valence-corrected chi connectivity index (χ0v) is 41.8. The molecule has 2 aliphatic rings. The third-order valence-corrected chi connectivity index (χ3v) is 16.3. The van der Waals surface area contributed by atoms with Gasteiger partial charge in [0.05, 0.1) is 33.5 Å². The van der Waals surface area contributed by atoms with Crippen LogP contribution in [0.25, 0.3) is 71.3 Å². The van der Waals surface area contributed by atoms with Gasteiger partial charge in [0.25, 0.3) is 0 Å². The van der Waals surface area contributed by atoms with Gasteiger partial charge in [-0.1, -0.05) is 208 Å². The highest BCUT2D eigenvalue weighted by Crippen LogP contribution is 2.66. The van der Waals surface area contributed by atoms with Gasteiger partial charge in [-0.15, -0.1) is 0 Å². The normalized spacial score (nSPS) is 12.9. The molecular formula is C72H51N3. The van der Waals surface area contributed by atoms with Crippen molar-refractivity contribution in [2.24, 2.45) is 0 Å². The maximum atomic E-state index is 2.60. The van der Waals surface area contributed by atoms with Crippen LogP contribution in [0.2, 0.25) is 0 Å². The molecule has 0 N–H and O–H groups in total. The fourth-order valence-corrected chi connectivity index (χ4v) is 13.1. The van der Waals surface area contributed by atoms with Crippen LogP contribution in [0.5, 0.6) is 0 Å². The lowest BCUT2D eigenvalue weighted by atomic mass is 9.70.